The zero-order chi connectivity index (χ0) is 12.3. The summed E-state index contributed by atoms with van der Waals surface area (Å²) in [7, 11) is 0. The maximum Gasteiger partial charge on any atom is 0.214 e. The van der Waals surface area contributed by atoms with Gasteiger partial charge in [0.25, 0.3) is 0 Å². The normalized spacial score (nSPS) is 12.4. The van der Waals surface area contributed by atoms with Gasteiger partial charge >= 0.3 is 0 Å². The maximum absolute atomic E-state index is 13.6. The van der Waals surface area contributed by atoms with Gasteiger partial charge in [0.1, 0.15) is 0 Å². The molecule has 0 aliphatic carbocycles. The second-order valence-electron chi connectivity index (χ2n) is 3.36. The van der Waals surface area contributed by atoms with E-state index in [1.165, 1.54) is 6.07 Å². The summed E-state index contributed by atoms with van der Waals surface area (Å²) in [5.41, 5.74) is 0. The summed E-state index contributed by atoms with van der Waals surface area (Å²) in [6.07, 6.45) is 0.208. The van der Waals surface area contributed by atoms with Crippen LogP contribution in [0.2, 0.25) is 0 Å². The first kappa shape index (κ1) is 12.0. The Hall–Kier alpha value is -1.50. The molecule has 1 aromatic carbocycles. The lowest BCUT2D eigenvalue weighted by atomic mass is 10.2. The van der Waals surface area contributed by atoms with E-state index in [0.717, 1.165) is 0 Å². The Balaban J connectivity index is 2.19. The van der Waals surface area contributed by atoms with Crippen molar-refractivity contribution in [2.24, 2.45) is 0 Å². The fourth-order valence-corrected chi connectivity index (χ4v) is 1.68. The predicted octanol–water partition coefficient (Wildman–Crippen LogP) is 2.63. The van der Waals surface area contributed by atoms with Gasteiger partial charge in [0.15, 0.2) is 17.7 Å². The van der Waals surface area contributed by atoms with Crippen molar-refractivity contribution in [1.82, 2.24) is 20.6 Å². The van der Waals surface area contributed by atoms with E-state index in [4.69, 9.17) is 4.74 Å². The fraction of sp³-hybridized carbons (Fsp3) is 0.300. The predicted molar refractivity (Wildman–Crippen MR) is 61.9 cm³/mol. The third kappa shape index (κ3) is 2.79. The minimum Gasteiger partial charge on any atom is -0.479 e. The van der Waals surface area contributed by atoms with E-state index in [0.29, 0.717) is 16.7 Å². The molecule has 1 N–H and O–H groups in total. The van der Waals surface area contributed by atoms with Crippen LogP contribution in [0.15, 0.2) is 22.7 Å². The molecule has 7 heteroatoms. The molecule has 0 aliphatic rings. The average Bonchev–Trinajstić information content (AvgIpc) is 2.81. The van der Waals surface area contributed by atoms with Gasteiger partial charge in [-0.05, 0) is 24.6 Å². The van der Waals surface area contributed by atoms with Crippen LogP contribution in [0, 0.1) is 5.82 Å². The number of aromatic nitrogens is 4. The van der Waals surface area contributed by atoms with Gasteiger partial charge in [-0.1, -0.05) is 28.1 Å². The highest BCUT2D eigenvalue weighted by Gasteiger charge is 2.17. The largest absolute Gasteiger partial charge is 0.479 e. The molecule has 1 atom stereocenters. The number of hydrogen-bond acceptors (Lipinski definition) is 4. The Morgan fingerprint density at radius 3 is 2.94 bits per heavy atom. The van der Waals surface area contributed by atoms with Crippen molar-refractivity contribution >= 4 is 15.9 Å². The molecule has 2 aromatic rings. The number of benzene rings is 1. The summed E-state index contributed by atoms with van der Waals surface area (Å²) in [6, 6.07) is 4.61. The second-order valence-corrected chi connectivity index (χ2v) is 4.28. The van der Waals surface area contributed by atoms with Crippen LogP contribution in [-0.2, 0) is 0 Å². The molecule has 0 bridgehead atoms. The molecule has 1 heterocycles. The number of nitrogens with one attached hydrogen (secondary N) is 1. The number of H-pyrrole nitrogens is 1. The molecule has 0 radical (unpaired) electrons. The first-order chi connectivity index (χ1) is 8.20. The van der Waals surface area contributed by atoms with Crippen molar-refractivity contribution < 1.29 is 9.13 Å². The molecule has 0 saturated heterocycles. The summed E-state index contributed by atoms with van der Waals surface area (Å²) >= 11 is 3.18. The van der Waals surface area contributed by atoms with E-state index in [1.54, 1.807) is 12.1 Å². The van der Waals surface area contributed by atoms with E-state index in [2.05, 4.69) is 36.6 Å². The van der Waals surface area contributed by atoms with Crippen LogP contribution in [0.25, 0.3) is 0 Å². The van der Waals surface area contributed by atoms with Gasteiger partial charge in [-0.3, -0.25) is 0 Å². The molecule has 0 aliphatic heterocycles. The molecule has 0 spiro atoms. The van der Waals surface area contributed by atoms with Crippen molar-refractivity contribution in [3.8, 4) is 5.75 Å². The molecule has 0 fully saturated rings. The molecule has 1 aromatic heterocycles. The Labute approximate surface area is 106 Å². The zero-order valence-electron chi connectivity index (χ0n) is 9.02. The first-order valence-electron chi connectivity index (χ1n) is 5.05. The van der Waals surface area contributed by atoms with Crippen molar-refractivity contribution in [2.75, 3.05) is 0 Å². The standard InChI is InChI=1S/C10H10BrFN4O/c1-2-8(10-13-15-16-14-10)17-9-4-3-6(11)5-7(9)12/h3-5,8H,2H2,1H3,(H,13,14,15,16). The lowest BCUT2D eigenvalue weighted by Crippen LogP contribution is -2.09. The molecule has 0 saturated carbocycles. The van der Waals surface area contributed by atoms with Crippen LogP contribution >= 0.6 is 15.9 Å². The quantitative estimate of drug-likeness (QED) is 0.943. The lowest BCUT2D eigenvalue weighted by Gasteiger charge is -2.14. The first-order valence-corrected chi connectivity index (χ1v) is 5.85. The van der Waals surface area contributed by atoms with Crippen LogP contribution in [-0.4, -0.2) is 20.6 Å². The summed E-state index contributed by atoms with van der Waals surface area (Å²) in [4.78, 5) is 0. The topological polar surface area (TPSA) is 63.7 Å². The number of hydrogen-bond donors (Lipinski definition) is 1. The van der Waals surface area contributed by atoms with Gasteiger partial charge in [-0.15, -0.1) is 10.2 Å². The third-order valence-electron chi connectivity index (χ3n) is 2.18. The highest BCUT2D eigenvalue weighted by Crippen LogP contribution is 2.26. The van der Waals surface area contributed by atoms with Crippen LogP contribution in [0.5, 0.6) is 5.75 Å². The van der Waals surface area contributed by atoms with Crippen LogP contribution in [0.4, 0.5) is 4.39 Å². The Morgan fingerprint density at radius 2 is 2.35 bits per heavy atom. The van der Waals surface area contributed by atoms with Crippen LogP contribution in [0.1, 0.15) is 25.3 Å². The lowest BCUT2D eigenvalue weighted by molar-refractivity contribution is 0.182. The molecule has 2 rings (SSSR count). The van der Waals surface area contributed by atoms with E-state index in [1.807, 2.05) is 6.92 Å². The molecule has 5 nitrogen and oxygen atoms in total. The van der Waals surface area contributed by atoms with Gasteiger partial charge in [-0.25, -0.2) is 4.39 Å². The Morgan fingerprint density at radius 1 is 1.53 bits per heavy atom. The van der Waals surface area contributed by atoms with Crippen LogP contribution in [0.3, 0.4) is 0 Å². The number of nitrogens with zero attached hydrogens (tertiary/aromatic N) is 3. The molecular formula is C10H10BrFN4O. The number of halogens is 2. The third-order valence-corrected chi connectivity index (χ3v) is 2.68. The van der Waals surface area contributed by atoms with Crippen molar-refractivity contribution in [1.29, 1.82) is 0 Å². The van der Waals surface area contributed by atoms with E-state index in [-0.39, 0.29) is 5.75 Å². The van der Waals surface area contributed by atoms with Crippen molar-refractivity contribution in [3.05, 3.63) is 34.3 Å². The van der Waals surface area contributed by atoms with E-state index in [9.17, 15) is 4.39 Å². The molecule has 1 unspecified atom stereocenters. The van der Waals surface area contributed by atoms with Crippen molar-refractivity contribution in [3.63, 3.8) is 0 Å². The van der Waals surface area contributed by atoms with Gasteiger partial charge in [0.2, 0.25) is 5.82 Å². The monoisotopic (exact) mass is 300 g/mol. The zero-order valence-corrected chi connectivity index (χ0v) is 10.6. The number of tetrazole rings is 1. The minimum absolute atomic E-state index is 0.171. The highest BCUT2D eigenvalue weighted by molar-refractivity contribution is 9.10. The van der Waals surface area contributed by atoms with E-state index < -0.39 is 11.9 Å². The Kier molecular flexibility index (Phi) is 3.68. The van der Waals surface area contributed by atoms with Gasteiger partial charge in [0.05, 0.1) is 0 Å². The number of aromatic amines is 1. The minimum atomic E-state index is -0.429. The fourth-order valence-electron chi connectivity index (χ4n) is 1.35. The van der Waals surface area contributed by atoms with Gasteiger partial charge in [0, 0.05) is 4.47 Å². The Bertz CT molecular complexity index is 491. The SMILES string of the molecule is CCC(Oc1ccc(Br)cc1F)c1nn[nH]n1. The second kappa shape index (κ2) is 5.22. The van der Waals surface area contributed by atoms with Crippen molar-refractivity contribution in [2.45, 2.75) is 19.4 Å². The summed E-state index contributed by atoms with van der Waals surface area (Å²) in [5, 5.41) is 13.4. The smallest absolute Gasteiger partial charge is 0.214 e. The van der Waals surface area contributed by atoms with Gasteiger partial charge < -0.3 is 4.74 Å². The summed E-state index contributed by atoms with van der Waals surface area (Å²) < 4.78 is 19.7. The number of rotatable bonds is 4. The summed E-state index contributed by atoms with van der Waals surface area (Å²) in [6.45, 7) is 1.90. The highest BCUT2D eigenvalue weighted by atomic mass is 79.9. The van der Waals surface area contributed by atoms with Crippen LogP contribution < -0.4 is 4.74 Å². The maximum atomic E-state index is 13.6. The summed E-state index contributed by atoms with van der Waals surface area (Å²) in [5.74, 6) is 0.154. The van der Waals surface area contributed by atoms with E-state index >= 15 is 0 Å². The average molecular weight is 301 g/mol. The molecule has 17 heavy (non-hydrogen) atoms. The number of ether oxygens (including phenoxy) is 1. The van der Waals surface area contributed by atoms with Gasteiger partial charge in [-0.2, -0.15) is 5.21 Å². The molecule has 0 amide bonds. The molecular weight excluding hydrogens is 291 g/mol. The molecule has 90 valence electrons.